The van der Waals surface area contributed by atoms with Crippen LogP contribution in [0.2, 0.25) is 0 Å². The van der Waals surface area contributed by atoms with Crippen LogP contribution in [0.25, 0.3) is 0 Å². The molecule has 0 heterocycles. The lowest BCUT2D eigenvalue weighted by Crippen LogP contribution is -2.30. The van der Waals surface area contributed by atoms with Gasteiger partial charge in [-0.3, -0.25) is 14.9 Å². The highest BCUT2D eigenvalue weighted by atomic mass is 79.9. The van der Waals surface area contributed by atoms with Gasteiger partial charge < -0.3 is 5.32 Å². The average Bonchev–Trinajstić information content (AvgIpc) is 3.19. The summed E-state index contributed by atoms with van der Waals surface area (Å²) < 4.78 is 0. The fourth-order valence-electron chi connectivity index (χ4n) is 1.73. The Labute approximate surface area is 113 Å². The van der Waals surface area contributed by atoms with Crippen LogP contribution in [0.1, 0.15) is 23.2 Å². The van der Waals surface area contributed by atoms with Crippen molar-refractivity contribution in [2.75, 3.05) is 6.54 Å². The first-order chi connectivity index (χ1) is 8.59. The van der Waals surface area contributed by atoms with E-state index in [9.17, 15) is 14.9 Å². The van der Waals surface area contributed by atoms with E-state index < -0.39 is 10.8 Å². The number of nitrogens with one attached hydrogen (secondary N) is 1. The van der Waals surface area contributed by atoms with Gasteiger partial charge in [-0.2, -0.15) is 0 Å². The summed E-state index contributed by atoms with van der Waals surface area (Å²) in [5, 5.41) is 13.5. The first kappa shape index (κ1) is 13.0. The Morgan fingerprint density at radius 1 is 1.50 bits per heavy atom. The summed E-state index contributed by atoms with van der Waals surface area (Å²) in [5.41, 5.74) is -0.0504. The van der Waals surface area contributed by atoms with E-state index in [-0.39, 0.29) is 16.1 Å². The molecule has 1 unspecified atom stereocenters. The summed E-state index contributed by atoms with van der Waals surface area (Å²) >= 11 is 3.50. The topological polar surface area (TPSA) is 72.2 Å². The largest absolute Gasteiger partial charge is 0.351 e. The van der Waals surface area contributed by atoms with Crippen molar-refractivity contribution < 1.29 is 9.72 Å². The Morgan fingerprint density at radius 2 is 2.17 bits per heavy atom. The second kappa shape index (κ2) is 5.48. The quantitative estimate of drug-likeness (QED) is 0.516. The molecule has 0 aromatic heterocycles. The molecule has 1 aromatic carbocycles. The molecular weight excluding hydrogens is 300 g/mol. The Balaban J connectivity index is 2.01. The van der Waals surface area contributed by atoms with Crippen molar-refractivity contribution in [1.82, 2.24) is 5.32 Å². The van der Waals surface area contributed by atoms with Crippen molar-refractivity contribution in [3.63, 3.8) is 0 Å². The zero-order valence-electron chi connectivity index (χ0n) is 9.64. The van der Waals surface area contributed by atoms with Crippen LogP contribution in [0.4, 0.5) is 5.69 Å². The molecule has 1 saturated carbocycles. The lowest BCUT2D eigenvalue weighted by molar-refractivity contribution is -0.385. The highest BCUT2D eigenvalue weighted by Gasteiger charge is 2.29. The van der Waals surface area contributed by atoms with Gasteiger partial charge >= 0.3 is 0 Å². The molecule has 1 aliphatic rings. The number of nitro benzene ring substituents is 1. The first-order valence-electron chi connectivity index (χ1n) is 5.75. The maximum atomic E-state index is 11.9. The molecule has 1 aliphatic carbocycles. The molecule has 2 rings (SSSR count). The van der Waals surface area contributed by atoms with Crippen molar-refractivity contribution >= 4 is 27.5 Å². The number of nitrogens with zero attached hydrogens (tertiary/aromatic N) is 1. The molecule has 1 amide bonds. The summed E-state index contributed by atoms with van der Waals surface area (Å²) in [6, 6.07) is 5.97. The van der Waals surface area contributed by atoms with Gasteiger partial charge in [-0.1, -0.05) is 28.1 Å². The number of alkyl halides is 1. The summed E-state index contributed by atoms with van der Waals surface area (Å²) in [6.07, 6.45) is 2.36. The number of hydrogen-bond donors (Lipinski definition) is 1. The van der Waals surface area contributed by atoms with Crippen molar-refractivity contribution in [3.8, 4) is 0 Å². The van der Waals surface area contributed by atoms with Crippen molar-refractivity contribution in [1.29, 1.82) is 0 Å². The van der Waals surface area contributed by atoms with Gasteiger partial charge in [-0.15, -0.1) is 0 Å². The monoisotopic (exact) mass is 312 g/mol. The molecule has 0 bridgehead atoms. The maximum absolute atomic E-state index is 11.9. The predicted molar refractivity (Wildman–Crippen MR) is 70.9 cm³/mol. The molecule has 0 saturated heterocycles. The number of benzene rings is 1. The zero-order valence-corrected chi connectivity index (χ0v) is 11.2. The lowest BCUT2D eigenvalue weighted by Gasteiger charge is -2.10. The molecule has 96 valence electrons. The minimum atomic E-state index is -0.540. The number of hydrogen-bond acceptors (Lipinski definition) is 3. The van der Waals surface area contributed by atoms with Gasteiger partial charge in [-0.05, 0) is 24.8 Å². The molecule has 18 heavy (non-hydrogen) atoms. The van der Waals surface area contributed by atoms with Gasteiger partial charge in [0.1, 0.15) is 5.56 Å². The third-order valence-corrected chi connectivity index (χ3v) is 4.01. The highest BCUT2D eigenvalue weighted by Crippen LogP contribution is 2.36. The van der Waals surface area contributed by atoms with Crippen LogP contribution in [0.5, 0.6) is 0 Å². The number of rotatable bonds is 5. The van der Waals surface area contributed by atoms with Crippen LogP contribution in [0, 0.1) is 16.0 Å². The van der Waals surface area contributed by atoms with Gasteiger partial charge in [0.25, 0.3) is 11.6 Å². The normalized spacial score (nSPS) is 16.1. The van der Waals surface area contributed by atoms with Gasteiger partial charge in [0.05, 0.1) is 4.92 Å². The SMILES string of the molecule is O=C(NCC(Br)C1CC1)c1ccccc1[N+](=O)[O-]. The smallest absolute Gasteiger partial charge is 0.282 e. The minimum absolute atomic E-state index is 0.109. The summed E-state index contributed by atoms with van der Waals surface area (Å²) in [6.45, 7) is 0.496. The van der Waals surface area contributed by atoms with Crippen LogP contribution in [-0.2, 0) is 0 Å². The predicted octanol–water partition coefficient (Wildman–Crippen LogP) is 2.50. The Kier molecular flexibility index (Phi) is 3.96. The summed E-state index contributed by atoms with van der Waals surface area (Å²) in [7, 11) is 0. The van der Waals surface area contributed by atoms with E-state index in [4.69, 9.17) is 0 Å². The average molecular weight is 313 g/mol. The lowest BCUT2D eigenvalue weighted by atomic mass is 10.1. The Bertz CT molecular complexity index is 474. The Morgan fingerprint density at radius 3 is 2.78 bits per heavy atom. The van der Waals surface area contributed by atoms with Crippen LogP contribution < -0.4 is 5.32 Å². The van der Waals surface area contributed by atoms with Gasteiger partial charge in [0.15, 0.2) is 0 Å². The van der Waals surface area contributed by atoms with Crippen LogP contribution in [0.15, 0.2) is 24.3 Å². The molecule has 1 aromatic rings. The summed E-state index contributed by atoms with van der Waals surface area (Å²) in [4.78, 5) is 22.4. The first-order valence-corrected chi connectivity index (χ1v) is 6.67. The van der Waals surface area contributed by atoms with E-state index in [1.165, 1.54) is 25.0 Å². The highest BCUT2D eigenvalue weighted by molar-refractivity contribution is 9.09. The zero-order chi connectivity index (χ0) is 13.1. The van der Waals surface area contributed by atoms with Crippen molar-refractivity contribution in [3.05, 3.63) is 39.9 Å². The number of carbonyl (C=O) groups excluding carboxylic acids is 1. The van der Waals surface area contributed by atoms with E-state index in [0.717, 1.165) is 0 Å². The molecule has 0 aliphatic heterocycles. The summed E-state index contributed by atoms with van der Waals surface area (Å²) in [5.74, 6) is 0.225. The number of para-hydroxylation sites is 1. The number of amides is 1. The second-order valence-electron chi connectivity index (χ2n) is 4.34. The molecule has 5 nitrogen and oxygen atoms in total. The van der Waals surface area contributed by atoms with E-state index in [0.29, 0.717) is 12.5 Å². The van der Waals surface area contributed by atoms with Gasteiger partial charge in [-0.25, -0.2) is 0 Å². The number of halogens is 1. The fourth-order valence-corrected chi connectivity index (χ4v) is 2.43. The van der Waals surface area contributed by atoms with Gasteiger partial charge in [0, 0.05) is 17.4 Å². The van der Waals surface area contributed by atoms with Crippen molar-refractivity contribution in [2.24, 2.45) is 5.92 Å². The van der Waals surface area contributed by atoms with E-state index in [2.05, 4.69) is 21.2 Å². The minimum Gasteiger partial charge on any atom is -0.351 e. The van der Waals surface area contributed by atoms with Crippen LogP contribution in [0.3, 0.4) is 0 Å². The third-order valence-electron chi connectivity index (χ3n) is 2.94. The van der Waals surface area contributed by atoms with E-state index in [1.807, 2.05) is 0 Å². The maximum Gasteiger partial charge on any atom is 0.282 e. The molecule has 1 fully saturated rings. The fraction of sp³-hybridized carbons (Fsp3) is 0.417. The van der Waals surface area contributed by atoms with E-state index >= 15 is 0 Å². The molecular formula is C12H13BrN2O3. The second-order valence-corrected chi connectivity index (χ2v) is 5.51. The van der Waals surface area contributed by atoms with E-state index in [1.54, 1.807) is 12.1 Å². The molecule has 0 radical (unpaired) electrons. The van der Waals surface area contributed by atoms with Crippen LogP contribution >= 0.6 is 15.9 Å². The number of carbonyl (C=O) groups is 1. The molecule has 0 spiro atoms. The standard InChI is InChI=1S/C12H13BrN2O3/c13-10(8-5-6-8)7-14-12(16)9-3-1-2-4-11(9)15(17)18/h1-4,8,10H,5-7H2,(H,14,16). The Hall–Kier alpha value is -1.43. The molecule has 6 heteroatoms. The molecule has 1 atom stereocenters. The van der Waals surface area contributed by atoms with Gasteiger partial charge in [0.2, 0.25) is 0 Å². The molecule has 1 N–H and O–H groups in total. The van der Waals surface area contributed by atoms with Crippen LogP contribution in [-0.4, -0.2) is 22.2 Å². The van der Waals surface area contributed by atoms with Crippen molar-refractivity contribution in [2.45, 2.75) is 17.7 Å². The number of nitro groups is 1. The third kappa shape index (κ3) is 3.07.